The van der Waals surface area contributed by atoms with Crippen molar-refractivity contribution in [2.24, 2.45) is 9.98 Å². The lowest BCUT2D eigenvalue weighted by atomic mass is 10.0. The Kier molecular flexibility index (Phi) is 2.10. The Labute approximate surface area is 80.7 Å². The third-order valence-corrected chi connectivity index (χ3v) is 1.99. The molecule has 0 aromatic heterocycles. The van der Waals surface area contributed by atoms with Crippen LogP contribution < -0.4 is 0 Å². The van der Waals surface area contributed by atoms with Gasteiger partial charge < -0.3 is 5.11 Å². The number of aliphatic imine (C=N–C) groups is 2. The van der Waals surface area contributed by atoms with Crippen molar-refractivity contribution in [2.75, 3.05) is 0 Å². The van der Waals surface area contributed by atoms with Crippen molar-refractivity contribution in [3.05, 3.63) is 35.7 Å². The van der Waals surface area contributed by atoms with Gasteiger partial charge in [-0.3, -0.25) is 9.98 Å². The Morgan fingerprint density at radius 2 is 2.29 bits per heavy atom. The van der Waals surface area contributed by atoms with E-state index in [1.54, 1.807) is 30.6 Å². The van der Waals surface area contributed by atoms with Gasteiger partial charge in [-0.15, -0.1) is 0 Å². The van der Waals surface area contributed by atoms with E-state index in [9.17, 15) is 4.79 Å². The lowest BCUT2D eigenvalue weighted by molar-refractivity contribution is -0.132. The molecule has 4 heteroatoms. The zero-order valence-electron chi connectivity index (χ0n) is 7.34. The van der Waals surface area contributed by atoms with Crippen LogP contribution in [0.3, 0.4) is 0 Å². The van der Waals surface area contributed by atoms with E-state index in [4.69, 9.17) is 5.11 Å². The number of nitrogens with zero attached hydrogens (tertiary/aromatic N) is 2. The highest BCUT2D eigenvalue weighted by Crippen LogP contribution is 2.18. The molecule has 0 spiro atoms. The standard InChI is InChI=1S/C10H8N2O2/c13-10(14)7-2-3-8-9(6-7)12-5-1-4-11-8/h1-5H,6H2,(H,13,14). The number of aliphatic carboxylic acids is 1. The van der Waals surface area contributed by atoms with Crippen LogP contribution in [0, 0.1) is 0 Å². The van der Waals surface area contributed by atoms with Crippen LogP contribution in [0.5, 0.6) is 0 Å². The van der Waals surface area contributed by atoms with Crippen LogP contribution in [0.2, 0.25) is 0 Å². The summed E-state index contributed by atoms with van der Waals surface area (Å²) < 4.78 is 0. The first-order valence-corrected chi connectivity index (χ1v) is 4.18. The van der Waals surface area contributed by atoms with E-state index in [2.05, 4.69) is 9.98 Å². The fourth-order valence-corrected chi connectivity index (χ4v) is 1.28. The monoisotopic (exact) mass is 188 g/mol. The molecule has 0 aromatic carbocycles. The fourth-order valence-electron chi connectivity index (χ4n) is 1.28. The van der Waals surface area contributed by atoms with E-state index in [-0.39, 0.29) is 0 Å². The van der Waals surface area contributed by atoms with Gasteiger partial charge in [0.2, 0.25) is 0 Å². The molecule has 0 saturated carbocycles. The van der Waals surface area contributed by atoms with Crippen molar-refractivity contribution < 1.29 is 9.90 Å². The summed E-state index contributed by atoms with van der Waals surface area (Å²) >= 11 is 0. The summed E-state index contributed by atoms with van der Waals surface area (Å²) in [5.41, 5.74) is 1.79. The van der Waals surface area contributed by atoms with Gasteiger partial charge in [0.1, 0.15) is 0 Å². The lowest BCUT2D eigenvalue weighted by Crippen LogP contribution is -2.12. The third-order valence-electron chi connectivity index (χ3n) is 1.99. The zero-order chi connectivity index (χ0) is 9.97. The number of carbonyl (C=O) groups is 1. The van der Waals surface area contributed by atoms with Gasteiger partial charge in [-0.2, -0.15) is 0 Å². The summed E-state index contributed by atoms with van der Waals surface area (Å²) in [7, 11) is 0. The molecule has 0 amide bonds. The predicted molar refractivity (Wildman–Crippen MR) is 53.5 cm³/mol. The van der Waals surface area contributed by atoms with Crippen molar-refractivity contribution in [1.29, 1.82) is 0 Å². The van der Waals surface area contributed by atoms with Crippen LogP contribution in [-0.4, -0.2) is 23.0 Å². The van der Waals surface area contributed by atoms with E-state index in [0.29, 0.717) is 17.7 Å². The Morgan fingerprint density at radius 1 is 1.43 bits per heavy atom. The van der Waals surface area contributed by atoms with Crippen LogP contribution >= 0.6 is 0 Å². The van der Waals surface area contributed by atoms with Gasteiger partial charge in [-0.1, -0.05) is 0 Å². The summed E-state index contributed by atoms with van der Waals surface area (Å²) in [6.07, 6.45) is 8.55. The first-order chi connectivity index (χ1) is 6.77. The van der Waals surface area contributed by atoms with Gasteiger partial charge in [0.25, 0.3) is 0 Å². The fraction of sp³-hybridized carbons (Fsp3) is 0.100. The van der Waals surface area contributed by atoms with Crippen LogP contribution in [0.4, 0.5) is 0 Å². The quantitative estimate of drug-likeness (QED) is 0.674. The van der Waals surface area contributed by atoms with Crippen LogP contribution in [0.15, 0.2) is 45.7 Å². The van der Waals surface area contributed by atoms with Crippen molar-refractivity contribution in [3.63, 3.8) is 0 Å². The van der Waals surface area contributed by atoms with Gasteiger partial charge >= 0.3 is 5.97 Å². The number of rotatable bonds is 1. The molecule has 0 saturated heterocycles. The number of allylic oxidation sites excluding steroid dienone is 4. The molecule has 0 atom stereocenters. The molecule has 0 aromatic rings. The second-order valence-electron chi connectivity index (χ2n) is 2.92. The average Bonchev–Trinajstić information content (AvgIpc) is 2.41. The maximum atomic E-state index is 10.7. The second-order valence-corrected chi connectivity index (χ2v) is 2.92. The highest BCUT2D eigenvalue weighted by atomic mass is 16.4. The molecule has 70 valence electrons. The largest absolute Gasteiger partial charge is 0.478 e. The van der Waals surface area contributed by atoms with Crippen molar-refractivity contribution in [2.45, 2.75) is 6.42 Å². The van der Waals surface area contributed by atoms with Gasteiger partial charge in [0.05, 0.1) is 11.4 Å². The van der Waals surface area contributed by atoms with Gasteiger partial charge in [-0.05, 0) is 18.2 Å². The van der Waals surface area contributed by atoms with Crippen molar-refractivity contribution in [1.82, 2.24) is 0 Å². The Balaban J connectivity index is 2.38. The molecular weight excluding hydrogens is 180 g/mol. The second kappa shape index (κ2) is 3.41. The summed E-state index contributed by atoms with van der Waals surface area (Å²) in [6.45, 7) is 0. The molecule has 0 bridgehead atoms. The van der Waals surface area contributed by atoms with Gasteiger partial charge in [-0.25, -0.2) is 4.79 Å². The normalized spacial score (nSPS) is 19.0. The van der Waals surface area contributed by atoms with Crippen molar-refractivity contribution in [3.8, 4) is 0 Å². The summed E-state index contributed by atoms with van der Waals surface area (Å²) in [6, 6.07) is 0. The zero-order valence-corrected chi connectivity index (χ0v) is 7.34. The third kappa shape index (κ3) is 1.54. The molecule has 14 heavy (non-hydrogen) atoms. The molecule has 0 fully saturated rings. The number of carboxylic acids is 1. The summed E-state index contributed by atoms with van der Waals surface area (Å²) in [4.78, 5) is 18.9. The van der Waals surface area contributed by atoms with Crippen molar-refractivity contribution >= 4 is 17.9 Å². The van der Waals surface area contributed by atoms with E-state index < -0.39 is 5.97 Å². The van der Waals surface area contributed by atoms with E-state index in [0.717, 1.165) is 5.70 Å². The maximum Gasteiger partial charge on any atom is 0.331 e. The summed E-state index contributed by atoms with van der Waals surface area (Å²) in [5, 5.41) is 8.79. The van der Waals surface area contributed by atoms with Gasteiger partial charge in [0, 0.05) is 24.4 Å². The first kappa shape index (κ1) is 8.62. The molecule has 1 heterocycles. The molecule has 1 aliphatic carbocycles. The number of carboxylic acid groups (broad SMARTS) is 1. The molecule has 0 unspecified atom stereocenters. The maximum absolute atomic E-state index is 10.7. The molecule has 0 radical (unpaired) electrons. The van der Waals surface area contributed by atoms with E-state index >= 15 is 0 Å². The van der Waals surface area contributed by atoms with Crippen LogP contribution in [0.25, 0.3) is 0 Å². The molecule has 1 N–H and O–H groups in total. The molecule has 2 aliphatic rings. The summed E-state index contributed by atoms with van der Waals surface area (Å²) in [5.74, 6) is -0.903. The molecule has 1 aliphatic heterocycles. The van der Waals surface area contributed by atoms with Crippen LogP contribution in [0.1, 0.15) is 6.42 Å². The number of hydrogen-bond acceptors (Lipinski definition) is 3. The highest BCUT2D eigenvalue weighted by Gasteiger charge is 2.17. The first-order valence-electron chi connectivity index (χ1n) is 4.18. The smallest absolute Gasteiger partial charge is 0.331 e. The highest BCUT2D eigenvalue weighted by molar-refractivity contribution is 6.09. The molecule has 2 rings (SSSR count). The Bertz CT molecular complexity index is 425. The lowest BCUT2D eigenvalue weighted by Gasteiger charge is -2.10. The predicted octanol–water partition coefficient (Wildman–Crippen LogP) is 1.32. The minimum atomic E-state index is -0.903. The molecule has 4 nitrogen and oxygen atoms in total. The Morgan fingerprint density at radius 3 is 3.07 bits per heavy atom. The molecular formula is C10H8N2O2. The SMILES string of the molecule is O=C(O)C1=CC=C2N=CC=CN=C2C1. The minimum Gasteiger partial charge on any atom is -0.478 e. The topological polar surface area (TPSA) is 62.0 Å². The van der Waals surface area contributed by atoms with E-state index in [1.165, 1.54) is 0 Å². The number of hydrogen-bond donors (Lipinski definition) is 1. The van der Waals surface area contributed by atoms with E-state index in [1.807, 2.05) is 0 Å². The average molecular weight is 188 g/mol. The Hall–Kier alpha value is -1.97. The van der Waals surface area contributed by atoms with Crippen LogP contribution in [-0.2, 0) is 4.79 Å². The van der Waals surface area contributed by atoms with Gasteiger partial charge in [0.15, 0.2) is 0 Å². The number of fused-ring (bicyclic) bond motifs is 1. The minimum absolute atomic E-state index is 0.336.